The number of hydrogen-bond acceptors (Lipinski definition) is 2. The zero-order valence-electron chi connectivity index (χ0n) is 11.6. The monoisotopic (exact) mass is 250 g/mol. The van der Waals surface area contributed by atoms with Gasteiger partial charge in [-0.05, 0) is 49.1 Å². The van der Waals surface area contributed by atoms with E-state index in [1.165, 1.54) is 16.7 Å². The van der Waals surface area contributed by atoms with E-state index in [4.69, 9.17) is 0 Å². The first-order valence-corrected chi connectivity index (χ1v) is 6.41. The molecule has 0 unspecified atom stereocenters. The normalized spacial score (nSPS) is 10.0. The number of rotatable bonds is 3. The second-order valence-electron chi connectivity index (χ2n) is 4.88. The zero-order valence-corrected chi connectivity index (χ0v) is 11.6. The van der Waals surface area contributed by atoms with Gasteiger partial charge in [0.1, 0.15) is 6.07 Å². The Bertz CT molecular complexity index is 636. The van der Waals surface area contributed by atoms with E-state index in [-0.39, 0.29) is 0 Å². The number of benzene rings is 2. The molecule has 2 aromatic carbocycles. The molecule has 0 heterocycles. The summed E-state index contributed by atoms with van der Waals surface area (Å²) in [6.45, 7) is 6.92. The van der Waals surface area contributed by atoms with Crippen LogP contribution in [0.5, 0.6) is 0 Å². The van der Waals surface area contributed by atoms with Crippen molar-refractivity contribution in [1.29, 1.82) is 5.26 Å². The van der Waals surface area contributed by atoms with E-state index in [0.717, 1.165) is 23.4 Å². The van der Waals surface area contributed by atoms with Gasteiger partial charge in [0.25, 0.3) is 0 Å². The summed E-state index contributed by atoms with van der Waals surface area (Å²) in [5.41, 5.74) is 6.47. The van der Waals surface area contributed by atoms with Gasteiger partial charge < -0.3 is 5.32 Å². The van der Waals surface area contributed by atoms with Gasteiger partial charge in [-0.2, -0.15) is 5.26 Å². The molecule has 0 saturated carbocycles. The van der Waals surface area contributed by atoms with Crippen LogP contribution in [-0.4, -0.2) is 0 Å². The SMILES string of the molecule is Cc1ccc(CNc2cccc(C)c2C#N)cc1C. The number of nitrogens with one attached hydrogen (secondary N) is 1. The van der Waals surface area contributed by atoms with E-state index in [9.17, 15) is 5.26 Å². The van der Waals surface area contributed by atoms with Crippen LogP contribution in [0.2, 0.25) is 0 Å². The van der Waals surface area contributed by atoms with Crippen LogP contribution < -0.4 is 5.32 Å². The summed E-state index contributed by atoms with van der Waals surface area (Å²) in [6, 6.07) is 14.6. The molecule has 2 rings (SSSR count). The summed E-state index contributed by atoms with van der Waals surface area (Å²) in [4.78, 5) is 0. The Labute approximate surface area is 114 Å². The summed E-state index contributed by atoms with van der Waals surface area (Å²) < 4.78 is 0. The molecule has 0 aliphatic rings. The Kier molecular flexibility index (Phi) is 3.87. The quantitative estimate of drug-likeness (QED) is 0.890. The highest BCUT2D eigenvalue weighted by Crippen LogP contribution is 2.19. The Balaban J connectivity index is 2.17. The third kappa shape index (κ3) is 2.95. The van der Waals surface area contributed by atoms with Crippen molar-refractivity contribution >= 4 is 5.69 Å². The first-order valence-electron chi connectivity index (χ1n) is 6.41. The highest BCUT2D eigenvalue weighted by Gasteiger charge is 2.04. The molecule has 0 aromatic heterocycles. The maximum Gasteiger partial charge on any atom is 0.102 e. The fraction of sp³-hybridized carbons (Fsp3) is 0.235. The van der Waals surface area contributed by atoms with E-state index in [2.05, 4.69) is 43.4 Å². The van der Waals surface area contributed by atoms with E-state index in [0.29, 0.717) is 0 Å². The second-order valence-corrected chi connectivity index (χ2v) is 4.88. The van der Waals surface area contributed by atoms with E-state index in [1.54, 1.807) is 0 Å². The summed E-state index contributed by atoms with van der Waals surface area (Å²) in [7, 11) is 0. The first-order chi connectivity index (χ1) is 9.11. The summed E-state index contributed by atoms with van der Waals surface area (Å²) >= 11 is 0. The molecule has 0 radical (unpaired) electrons. The van der Waals surface area contributed by atoms with Crippen molar-refractivity contribution in [2.24, 2.45) is 0 Å². The highest BCUT2D eigenvalue weighted by molar-refractivity contribution is 5.60. The maximum atomic E-state index is 9.19. The molecular formula is C17H18N2. The van der Waals surface area contributed by atoms with Gasteiger partial charge in [0.05, 0.1) is 11.3 Å². The van der Waals surface area contributed by atoms with Gasteiger partial charge in [0.2, 0.25) is 0 Å². The van der Waals surface area contributed by atoms with Gasteiger partial charge in [-0.25, -0.2) is 0 Å². The average Bonchev–Trinajstić information content (AvgIpc) is 2.40. The van der Waals surface area contributed by atoms with Crippen LogP contribution in [0.25, 0.3) is 0 Å². The van der Waals surface area contributed by atoms with Crippen molar-refractivity contribution in [3.8, 4) is 6.07 Å². The van der Waals surface area contributed by atoms with Gasteiger partial charge in [0, 0.05) is 6.54 Å². The molecule has 2 heteroatoms. The maximum absolute atomic E-state index is 9.19. The van der Waals surface area contributed by atoms with Crippen LogP contribution in [0, 0.1) is 32.1 Å². The number of hydrogen-bond donors (Lipinski definition) is 1. The van der Waals surface area contributed by atoms with Gasteiger partial charge in [-0.3, -0.25) is 0 Å². The molecule has 0 bridgehead atoms. The third-order valence-electron chi connectivity index (χ3n) is 3.44. The number of anilines is 1. The number of aryl methyl sites for hydroxylation is 3. The zero-order chi connectivity index (χ0) is 13.8. The Hall–Kier alpha value is -2.27. The van der Waals surface area contributed by atoms with Crippen molar-refractivity contribution in [3.63, 3.8) is 0 Å². The molecule has 2 aromatic rings. The third-order valence-corrected chi connectivity index (χ3v) is 3.44. The minimum absolute atomic E-state index is 0.728. The van der Waals surface area contributed by atoms with Crippen LogP contribution in [0.4, 0.5) is 5.69 Å². The lowest BCUT2D eigenvalue weighted by Crippen LogP contribution is -2.02. The van der Waals surface area contributed by atoms with Gasteiger partial charge >= 0.3 is 0 Å². The van der Waals surface area contributed by atoms with E-state index < -0.39 is 0 Å². The van der Waals surface area contributed by atoms with Crippen molar-refractivity contribution in [2.45, 2.75) is 27.3 Å². The van der Waals surface area contributed by atoms with Gasteiger partial charge in [-0.1, -0.05) is 30.3 Å². The topological polar surface area (TPSA) is 35.8 Å². The van der Waals surface area contributed by atoms with Crippen LogP contribution >= 0.6 is 0 Å². The van der Waals surface area contributed by atoms with Crippen LogP contribution in [0.3, 0.4) is 0 Å². The first kappa shape index (κ1) is 13.2. The molecule has 0 atom stereocenters. The largest absolute Gasteiger partial charge is 0.380 e. The van der Waals surface area contributed by atoms with Gasteiger partial charge in [0.15, 0.2) is 0 Å². The summed E-state index contributed by atoms with van der Waals surface area (Å²) in [5, 5.41) is 12.5. The number of nitriles is 1. The Morgan fingerprint density at radius 3 is 2.47 bits per heavy atom. The lowest BCUT2D eigenvalue weighted by atomic mass is 10.1. The van der Waals surface area contributed by atoms with Crippen LogP contribution in [0.15, 0.2) is 36.4 Å². The molecule has 0 aliphatic heterocycles. The smallest absolute Gasteiger partial charge is 0.102 e. The molecule has 0 fully saturated rings. The molecule has 2 nitrogen and oxygen atoms in total. The molecular weight excluding hydrogens is 232 g/mol. The molecule has 96 valence electrons. The predicted molar refractivity (Wildman–Crippen MR) is 79.1 cm³/mol. The Morgan fingerprint density at radius 2 is 1.79 bits per heavy atom. The Morgan fingerprint density at radius 1 is 1.00 bits per heavy atom. The van der Waals surface area contributed by atoms with Crippen LogP contribution in [0.1, 0.15) is 27.8 Å². The fourth-order valence-corrected chi connectivity index (χ4v) is 2.07. The molecule has 0 amide bonds. The lowest BCUT2D eigenvalue weighted by molar-refractivity contribution is 1.13. The van der Waals surface area contributed by atoms with E-state index in [1.807, 2.05) is 25.1 Å². The minimum atomic E-state index is 0.728. The molecule has 0 spiro atoms. The predicted octanol–water partition coefficient (Wildman–Crippen LogP) is 4.10. The second kappa shape index (κ2) is 5.58. The standard InChI is InChI=1S/C17H18N2/c1-12-7-8-15(9-14(12)3)11-19-17-6-4-5-13(2)16(17)10-18/h4-9,19H,11H2,1-3H3. The summed E-state index contributed by atoms with van der Waals surface area (Å²) in [5.74, 6) is 0. The minimum Gasteiger partial charge on any atom is -0.380 e. The molecule has 1 N–H and O–H groups in total. The number of nitrogens with zero attached hydrogens (tertiary/aromatic N) is 1. The molecule has 19 heavy (non-hydrogen) atoms. The van der Waals surface area contributed by atoms with Crippen molar-refractivity contribution in [3.05, 3.63) is 64.2 Å². The van der Waals surface area contributed by atoms with Crippen LogP contribution in [-0.2, 0) is 6.54 Å². The lowest BCUT2D eigenvalue weighted by Gasteiger charge is -2.11. The van der Waals surface area contributed by atoms with Crippen molar-refractivity contribution < 1.29 is 0 Å². The summed E-state index contributed by atoms with van der Waals surface area (Å²) in [6.07, 6.45) is 0. The van der Waals surface area contributed by atoms with Gasteiger partial charge in [-0.15, -0.1) is 0 Å². The van der Waals surface area contributed by atoms with Crippen molar-refractivity contribution in [1.82, 2.24) is 0 Å². The highest BCUT2D eigenvalue weighted by atomic mass is 14.9. The molecule has 0 saturated heterocycles. The van der Waals surface area contributed by atoms with Crippen molar-refractivity contribution in [2.75, 3.05) is 5.32 Å². The van der Waals surface area contributed by atoms with E-state index >= 15 is 0 Å². The fourth-order valence-electron chi connectivity index (χ4n) is 2.07. The molecule has 0 aliphatic carbocycles. The average molecular weight is 250 g/mol.